The number of hydrogen-bond acceptors (Lipinski definition) is 3. The van der Waals surface area contributed by atoms with E-state index in [2.05, 4.69) is 101 Å². The minimum absolute atomic E-state index is 0.559. The van der Waals surface area contributed by atoms with Crippen LogP contribution >= 0.6 is 0 Å². The summed E-state index contributed by atoms with van der Waals surface area (Å²) in [5, 5.41) is 14.3. The Bertz CT molecular complexity index is 2300. The number of hydrogen-bond donors (Lipinski definition) is 0. The Morgan fingerprint density at radius 3 is 2.35 bits per heavy atom. The van der Waals surface area contributed by atoms with Crippen molar-refractivity contribution in [2.75, 3.05) is 0 Å². The van der Waals surface area contributed by atoms with Crippen molar-refractivity contribution >= 4 is 43.7 Å². The standard InChI is InChI=1S/C36H21N3O/c37-21-24-22-38-19-18-27(24)28-11-2-1-10-26(28)23-8-7-9-25(20-23)39-32-14-5-3-13-31(32)35-33(39)17-16-30-29-12-4-6-15-34(29)40-36(30)35/h1-20,22H. The smallest absolute Gasteiger partial charge is 0.145 e. The maximum atomic E-state index is 9.73. The van der Waals surface area contributed by atoms with Crippen molar-refractivity contribution in [3.63, 3.8) is 0 Å². The molecule has 0 atom stereocenters. The van der Waals surface area contributed by atoms with Gasteiger partial charge in [0.05, 0.1) is 22.0 Å². The van der Waals surface area contributed by atoms with Crippen molar-refractivity contribution in [1.82, 2.24) is 9.55 Å². The van der Waals surface area contributed by atoms with Crippen LogP contribution in [0.25, 0.3) is 71.7 Å². The first kappa shape index (κ1) is 22.3. The first-order valence-corrected chi connectivity index (χ1v) is 13.2. The minimum atomic E-state index is 0.559. The number of rotatable bonds is 3. The Kier molecular flexibility index (Phi) is 4.85. The molecule has 40 heavy (non-hydrogen) atoms. The average Bonchev–Trinajstić information content (AvgIpc) is 3.57. The first-order chi connectivity index (χ1) is 19.8. The van der Waals surface area contributed by atoms with Gasteiger partial charge in [-0.05, 0) is 59.2 Å². The SMILES string of the molecule is N#Cc1cnccc1-c1ccccc1-c1cccc(-n2c3ccccc3c3c4oc5ccccc5c4ccc32)c1. The second-order valence-electron chi connectivity index (χ2n) is 9.92. The zero-order valence-corrected chi connectivity index (χ0v) is 21.4. The van der Waals surface area contributed by atoms with E-state index in [9.17, 15) is 5.26 Å². The van der Waals surface area contributed by atoms with E-state index >= 15 is 0 Å². The van der Waals surface area contributed by atoms with Crippen LogP contribution in [-0.4, -0.2) is 9.55 Å². The van der Waals surface area contributed by atoms with Crippen LogP contribution in [0.2, 0.25) is 0 Å². The zero-order chi connectivity index (χ0) is 26.6. The summed E-state index contributed by atoms with van der Waals surface area (Å²) in [5.74, 6) is 0. The average molecular weight is 512 g/mol. The van der Waals surface area contributed by atoms with Gasteiger partial charge in [0.2, 0.25) is 0 Å². The van der Waals surface area contributed by atoms with Crippen LogP contribution in [0, 0.1) is 11.3 Å². The summed E-state index contributed by atoms with van der Waals surface area (Å²) in [6, 6.07) is 42.1. The molecule has 0 saturated heterocycles. The second-order valence-corrected chi connectivity index (χ2v) is 9.92. The molecular weight excluding hydrogens is 490 g/mol. The lowest BCUT2D eigenvalue weighted by Gasteiger charge is -2.14. The van der Waals surface area contributed by atoms with E-state index in [-0.39, 0.29) is 0 Å². The Morgan fingerprint density at radius 1 is 0.650 bits per heavy atom. The van der Waals surface area contributed by atoms with E-state index in [1.807, 2.05) is 30.3 Å². The summed E-state index contributed by atoms with van der Waals surface area (Å²) in [6.45, 7) is 0. The van der Waals surface area contributed by atoms with Crippen LogP contribution in [-0.2, 0) is 0 Å². The van der Waals surface area contributed by atoms with E-state index in [0.29, 0.717) is 5.56 Å². The van der Waals surface area contributed by atoms with Gasteiger partial charge < -0.3 is 8.98 Å². The maximum Gasteiger partial charge on any atom is 0.145 e. The lowest BCUT2D eigenvalue weighted by atomic mass is 9.93. The molecule has 0 amide bonds. The molecule has 186 valence electrons. The highest BCUT2D eigenvalue weighted by Crippen LogP contribution is 2.41. The predicted octanol–water partition coefficient (Wildman–Crippen LogP) is 9.28. The molecule has 0 radical (unpaired) electrons. The molecule has 0 N–H and O–H groups in total. The molecule has 3 heterocycles. The number of pyridine rings is 1. The van der Waals surface area contributed by atoms with Crippen molar-refractivity contribution in [3.05, 3.63) is 133 Å². The molecule has 4 nitrogen and oxygen atoms in total. The fourth-order valence-electron chi connectivity index (χ4n) is 6.01. The third-order valence-corrected chi connectivity index (χ3v) is 7.75. The fourth-order valence-corrected chi connectivity index (χ4v) is 6.01. The fraction of sp³-hybridized carbons (Fsp3) is 0. The summed E-state index contributed by atoms with van der Waals surface area (Å²) in [5.41, 5.74) is 9.66. The monoisotopic (exact) mass is 511 g/mol. The minimum Gasteiger partial charge on any atom is -0.455 e. The molecule has 0 aliphatic carbocycles. The van der Waals surface area contributed by atoms with Gasteiger partial charge in [0.15, 0.2) is 0 Å². The highest BCUT2D eigenvalue weighted by atomic mass is 16.3. The van der Waals surface area contributed by atoms with Crippen LogP contribution in [0.1, 0.15) is 5.56 Å². The van der Waals surface area contributed by atoms with Crippen LogP contribution < -0.4 is 0 Å². The van der Waals surface area contributed by atoms with Gasteiger partial charge in [-0.3, -0.25) is 4.98 Å². The topological polar surface area (TPSA) is 54.8 Å². The molecule has 0 unspecified atom stereocenters. The molecule has 0 fully saturated rings. The van der Waals surface area contributed by atoms with Crippen molar-refractivity contribution in [2.24, 2.45) is 0 Å². The second kappa shape index (κ2) is 8.69. The van der Waals surface area contributed by atoms with Gasteiger partial charge in [0.25, 0.3) is 0 Å². The molecular formula is C36H21N3O. The number of nitrogens with zero attached hydrogens (tertiary/aromatic N) is 3. The van der Waals surface area contributed by atoms with Crippen LogP contribution in [0.4, 0.5) is 0 Å². The molecule has 8 rings (SSSR count). The summed E-state index contributed by atoms with van der Waals surface area (Å²) in [7, 11) is 0. The van der Waals surface area contributed by atoms with E-state index in [0.717, 1.165) is 71.7 Å². The Labute approximate surface area is 230 Å². The van der Waals surface area contributed by atoms with E-state index < -0.39 is 0 Å². The van der Waals surface area contributed by atoms with Crippen molar-refractivity contribution < 1.29 is 4.42 Å². The predicted molar refractivity (Wildman–Crippen MR) is 161 cm³/mol. The quantitative estimate of drug-likeness (QED) is 0.237. The first-order valence-electron chi connectivity index (χ1n) is 13.2. The van der Waals surface area contributed by atoms with E-state index in [1.165, 1.54) is 0 Å². The summed E-state index contributed by atoms with van der Waals surface area (Å²) in [6.07, 6.45) is 3.36. The number of aromatic nitrogens is 2. The summed E-state index contributed by atoms with van der Waals surface area (Å²) in [4.78, 5) is 4.15. The lowest BCUT2D eigenvalue weighted by Crippen LogP contribution is -1.95. The molecule has 0 aliphatic heterocycles. The lowest BCUT2D eigenvalue weighted by molar-refractivity contribution is 0.673. The van der Waals surface area contributed by atoms with E-state index in [1.54, 1.807) is 12.4 Å². The van der Waals surface area contributed by atoms with Gasteiger partial charge in [0.1, 0.15) is 17.2 Å². The van der Waals surface area contributed by atoms with Crippen molar-refractivity contribution in [3.8, 4) is 34.0 Å². The molecule has 5 aromatic carbocycles. The van der Waals surface area contributed by atoms with Crippen LogP contribution in [0.5, 0.6) is 0 Å². The van der Waals surface area contributed by atoms with Gasteiger partial charge in [-0.25, -0.2) is 0 Å². The van der Waals surface area contributed by atoms with Gasteiger partial charge in [-0.15, -0.1) is 0 Å². The van der Waals surface area contributed by atoms with Gasteiger partial charge in [0, 0.05) is 39.8 Å². The van der Waals surface area contributed by atoms with Crippen LogP contribution in [0.3, 0.4) is 0 Å². The molecule has 0 bridgehead atoms. The highest BCUT2D eigenvalue weighted by molar-refractivity contribution is 6.23. The van der Waals surface area contributed by atoms with Crippen LogP contribution in [0.15, 0.2) is 132 Å². The molecule has 3 aromatic heterocycles. The Hall–Kier alpha value is -5.66. The number of furan rings is 1. The largest absolute Gasteiger partial charge is 0.455 e. The van der Waals surface area contributed by atoms with Crippen molar-refractivity contribution in [2.45, 2.75) is 0 Å². The summed E-state index contributed by atoms with van der Waals surface area (Å²) < 4.78 is 8.77. The molecule has 8 aromatic rings. The van der Waals surface area contributed by atoms with E-state index in [4.69, 9.17) is 4.42 Å². The maximum absolute atomic E-state index is 9.73. The van der Waals surface area contributed by atoms with Gasteiger partial charge in [-0.2, -0.15) is 5.26 Å². The zero-order valence-electron chi connectivity index (χ0n) is 21.4. The third-order valence-electron chi connectivity index (χ3n) is 7.75. The number of benzene rings is 5. The molecule has 0 saturated carbocycles. The van der Waals surface area contributed by atoms with Gasteiger partial charge in [-0.1, -0.05) is 72.8 Å². The Morgan fingerprint density at radius 2 is 1.45 bits per heavy atom. The van der Waals surface area contributed by atoms with Gasteiger partial charge >= 0.3 is 0 Å². The van der Waals surface area contributed by atoms with Crippen molar-refractivity contribution in [1.29, 1.82) is 5.26 Å². The highest BCUT2D eigenvalue weighted by Gasteiger charge is 2.19. The number of fused-ring (bicyclic) bond motifs is 7. The summed E-state index contributed by atoms with van der Waals surface area (Å²) >= 11 is 0. The third kappa shape index (κ3) is 3.22. The number of nitriles is 1. The molecule has 0 aliphatic rings. The molecule has 0 spiro atoms. The normalized spacial score (nSPS) is 11.5. The number of para-hydroxylation sites is 2. The Balaban J connectivity index is 1.39. The molecule has 4 heteroatoms.